The van der Waals surface area contributed by atoms with E-state index >= 15 is 0 Å². The number of carbonyl (C=O) groups excluding carboxylic acids is 1. The van der Waals surface area contributed by atoms with Crippen molar-refractivity contribution in [2.75, 3.05) is 33.3 Å². The van der Waals surface area contributed by atoms with E-state index in [0.717, 1.165) is 49.5 Å². The van der Waals surface area contributed by atoms with Gasteiger partial charge in [0, 0.05) is 39.3 Å². The molecule has 4 aromatic carbocycles. The Kier molecular flexibility index (Phi) is 15.2. The Morgan fingerprint density at radius 1 is 0.576 bits per heavy atom. The highest BCUT2D eigenvalue weighted by molar-refractivity contribution is 5.85. The fourth-order valence-corrected chi connectivity index (χ4v) is 9.72. The van der Waals surface area contributed by atoms with E-state index in [1.807, 2.05) is 0 Å². The molecule has 2 saturated heterocycles. The fraction of sp³-hybridized carbons (Fsp3) is 0.569. The number of carboxylic acids is 1. The van der Waals surface area contributed by atoms with Crippen LogP contribution in [0.5, 0.6) is 11.5 Å². The number of carbonyl (C=O) groups is 2. The summed E-state index contributed by atoms with van der Waals surface area (Å²) >= 11 is 0. The third-order valence-electron chi connectivity index (χ3n) is 13.5. The Bertz CT molecular complexity index is 1970. The summed E-state index contributed by atoms with van der Waals surface area (Å²) in [7, 11) is 1.46. The predicted molar refractivity (Wildman–Crippen MR) is 237 cm³/mol. The maximum Gasteiger partial charge on any atom is 0.311 e. The third-order valence-corrected chi connectivity index (χ3v) is 13.5. The molecule has 8 heteroatoms. The van der Waals surface area contributed by atoms with E-state index in [1.54, 1.807) is 0 Å². The summed E-state index contributed by atoms with van der Waals surface area (Å²) < 4.78 is 17.5. The van der Waals surface area contributed by atoms with Crippen LogP contribution in [0.4, 0.5) is 0 Å². The average molecular weight is 805 g/mol. The number of benzene rings is 4. The van der Waals surface area contributed by atoms with E-state index in [-0.39, 0.29) is 17.8 Å². The molecule has 2 aliphatic carbocycles. The minimum atomic E-state index is -0.679. The maximum atomic E-state index is 11.5. The second-order valence-electron chi connectivity index (χ2n) is 18.1. The van der Waals surface area contributed by atoms with Crippen molar-refractivity contribution in [2.45, 2.75) is 129 Å². The highest BCUT2D eigenvalue weighted by Crippen LogP contribution is 2.34. The molecule has 2 heterocycles. The number of fused-ring (bicyclic) bond motifs is 2. The molecular formula is C51H68N2O6. The van der Waals surface area contributed by atoms with Gasteiger partial charge in [-0.25, -0.2) is 0 Å². The first-order valence-electron chi connectivity index (χ1n) is 22.9. The summed E-state index contributed by atoms with van der Waals surface area (Å²) in [4.78, 5) is 27.0. The summed E-state index contributed by atoms with van der Waals surface area (Å²) in [6.07, 6.45) is 18.8. The summed E-state index contributed by atoms with van der Waals surface area (Å²) in [5.74, 6) is 2.86. The second-order valence-corrected chi connectivity index (χ2v) is 18.1. The molecule has 318 valence electrons. The van der Waals surface area contributed by atoms with Crippen LogP contribution in [-0.4, -0.2) is 72.3 Å². The number of methoxy groups -OCH3 is 1. The quantitative estimate of drug-likeness (QED) is 0.112. The number of carboxylic acid groups (broad SMARTS) is 1. The number of esters is 1. The van der Waals surface area contributed by atoms with E-state index in [0.29, 0.717) is 25.3 Å². The standard InChI is InChI=1S/C26H35NO3.C25H33NO3/c1-3-4-5-19-7-11-24(12-8-19)30-25-13-10-21-14-20(6-9-22(21)15-25)16-27-17-23(18-27)26(28)29-2;1-2-3-4-18-6-10-23(11-7-18)29-24-12-9-20-13-19(5-8-21(20)14-24)15-26-16-22(17-26)25(27)28/h6,9-10,13-15,19,23-24H,3-5,7-8,11-12,16-18H2,1-2H3;5,8-9,12-14,18,22-23H,2-4,6-7,10-11,15-17H2,1H3,(H,27,28). The van der Waals surface area contributed by atoms with Gasteiger partial charge in [0.25, 0.3) is 0 Å². The summed E-state index contributed by atoms with van der Waals surface area (Å²) in [5, 5.41) is 13.9. The topological polar surface area (TPSA) is 88.5 Å². The normalized spacial score (nSPS) is 22.8. The van der Waals surface area contributed by atoms with Gasteiger partial charge in [0.1, 0.15) is 11.5 Å². The van der Waals surface area contributed by atoms with Gasteiger partial charge in [-0.3, -0.25) is 19.4 Å². The minimum Gasteiger partial charge on any atom is -0.490 e. The number of ether oxygens (including phenoxy) is 3. The van der Waals surface area contributed by atoms with Crippen molar-refractivity contribution < 1.29 is 28.9 Å². The number of aliphatic carboxylic acids is 1. The van der Waals surface area contributed by atoms with Crippen LogP contribution in [0.2, 0.25) is 0 Å². The molecule has 0 amide bonds. The van der Waals surface area contributed by atoms with Crippen molar-refractivity contribution in [3.8, 4) is 11.5 Å². The van der Waals surface area contributed by atoms with Crippen LogP contribution in [-0.2, 0) is 27.4 Å². The highest BCUT2D eigenvalue weighted by atomic mass is 16.5. The molecule has 2 aliphatic heterocycles. The van der Waals surface area contributed by atoms with Gasteiger partial charge in [-0.05, 0) is 132 Å². The zero-order chi connectivity index (χ0) is 41.1. The Morgan fingerprint density at radius 3 is 1.39 bits per heavy atom. The highest BCUT2D eigenvalue weighted by Gasteiger charge is 2.34. The number of hydrogen-bond donors (Lipinski definition) is 1. The van der Waals surface area contributed by atoms with Crippen LogP contribution in [0.3, 0.4) is 0 Å². The van der Waals surface area contributed by atoms with Crippen LogP contribution >= 0.6 is 0 Å². The van der Waals surface area contributed by atoms with Crippen molar-refractivity contribution >= 4 is 33.5 Å². The Balaban J connectivity index is 0.000000179. The smallest absolute Gasteiger partial charge is 0.311 e. The number of likely N-dealkylation sites (tertiary alicyclic amines) is 2. The molecule has 0 atom stereocenters. The van der Waals surface area contributed by atoms with Gasteiger partial charge in [-0.15, -0.1) is 0 Å². The molecule has 59 heavy (non-hydrogen) atoms. The SMILES string of the molecule is CCCCC1CCC(Oc2ccc3cc(CN4CC(C(=O)O)C4)ccc3c2)CC1.CCCCC1CCC(Oc2ccc3cc(CN4CC(C(=O)OC)C4)ccc3c2)CC1. The lowest BCUT2D eigenvalue weighted by molar-refractivity contribution is -0.151. The largest absolute Gasteiger partial charge is 0.490 e. The molecule has 4 aromatic rings. The van der Waals surface area contributed by atoms with Crippen molar-refractivity contribution in [2.24, 2.45) is 23.7 Å². The van der Waals surface area contributed by atoms with Crippen LogP contribution in [0.25, 0.3) is 21.5 Å². The molecule has 8 rings (SSSR count). The third kappa shape index (κ3) is 12.0. The number of rotatable bonds is 16. The summed E-state index contributed by atoms with van der Waals surface area (Å²) in [6, 6.07) is 26.0. The predicted octanol–water partition coefficient (Wildman–Crippen LogP) is 11.1. The first-order valence-corrected chi connectivity index (χ1v) is 22.9. The van der Waals surface area contributed by atoms with Gasteiger partial charge in [0.15, 0.2) is 0 Å². The lowest BCUT2D eigenvalue weighted by atomic mass is 9.84. The molecule has 8 nitrogen and oxygen atoms in total. The van der Waals surface area contributed by atoms with E-state index in [4.69, 9.17) is 19.3 Å². The summed E-state index contributed by atoms with van der Waals surface area (Å²) in [5.41, 5.74) is 2.52. The van der Waals surface area contributed by atoms with Gasteiger partial charge >= 0.3 is 11.9 Å². The number of nitrogens with zero attached hydrogens (tertiary/aromatic N) is 2. The molecule has 0 radical (unpaired) electrons. The van der Waals surface area contributed by atoms with Crippen molar-refractivity contribution in [3.05, 3.63) is 83.9 Å². The fourth-order valence-electron chi connectivity index (χ4n) is 9.72. The van der Waals surface area contributed by atoms with Gasteiger partial charge in [0.05, 0.1) is 31.2 Å². The number of unbranched alkanes of at least 4 members (excludes halogenated alkanes) is 2. The monoisotopic (exact) mass is 805 g/mol. The van der Waals surface area contributed by atoms with E-state index in [1.165, 1.54) is 130 Å². The molecule has 4 fully saturated rings. The maximum absolute atomic E-state index is 11.5. The molecule has 1 N–H and O–H groups in total. The molecule has 4 aliphatic rings. The van der Waals surface area contributed by atoms with Crippen LogP contribution in [0.1, 0.15) is 115 Å². The lowest BCUT2D eigenvalue weighted by Crippen LogP contribution is -2.49. The molecular weight excluding hydrogens is 737 g/mol. The van der Waals surface area contributed by atoms with E-state index in [2.05, 4.69) is 96.4 Å². The van der Waals surface area contributed by atoms with Crippen molar-refractivity contribution in [3.63, 3.8) is 0 Å². The zero-order valence-electron chi connectivity index (χ0n) is 35.9. The molecule has 2 saturated carbocycles. The van der Waals surface area contributed by atoms with Crippen LogP contribution < -0.4 is 9.47 Å². The first-order chi connectivity index (χ1) is 28.7. The average Bonchev–Trinajstić information content (AvgIpc) is 3.22. The Labute approximate surface area is 352 Å². The van der Waals surface area contributed by atoms with Gasteiger partial charge < -0.3 is 19.3 Å². The van der Waals surface area contributed by atoms with E-state index < -0.39 is 5.97 Å². The molecule has 0 unspecified atom stereocenters. The van der Waals surface area contributed by atoms with Crippen LogP contribution in [0.15, 0.2) is 72.8 Å². The summed E-state index contributed by atoms with van der Waals surface area (Å²) in [6.45, 7) is 9.14. The first kappa shape index (κ1) is 43.0. The molecule has 0 spiro atoms. The minimum absolute atomic E-state index is 0.0388. The van der Waals surface area contributed by atoms with Crippen LogP contribution in [0, 0.1) is 23.7 Å². The Hall–Kier alpha value is -4.14. The lowest BCUT2D eigenvalue weighted by Gasteiger charge is -2.37. The van der Waals surface area contributed by atoms with Gasteiger partial charge in [-0.2, -0.15) is 0 Å². The number of hydrogen-bond acceptors (Lipinski definition) is 7. The van der Waals surface area contributed by atoms with Crippen molar-refractivity contribution in [1.82, 2.24) is 9.80 Å². The van der Waals surface area contributed by atoms with Gasteiger partial charge in [-0.1, -0.05) is 88.8 Å². The second kappa shape index (κ2) is 20.9. The zero-order valence-corrected chi connectivity index (χ0v) is 35.9. The van der Waals surface area contributed by atoms with Crippen molar-refractivity contribution in [1.29, 1.82) is 0 Å². The molecule has 0 bridgehead atoms. The van der Waals surface area contributed by atoms with Gasteiger partial charge in [0.2, 0.25) is 0 Å². The Morgan fingerprint density at radius 2 is 0.983 bits per heavy atom. The van der Waals surface area contributed by atoms with E-state index in [9.17, 15) is 9.59 Å². The molecule has 0 aromatic heterocycles.